The third-order valence-electron chi connectivity index (χ3n) is 4.00. The molecule has 132 valence electrons. The molecule has 0 saturated heterocycles. The van der Waals surface area contributed by atoms with Gasteiger partial charge in [0, 0.05) is 22.0 Å². The molecule has 1 aromatic carbocycles. The van der Waals surface area contributed by atoms with Crippen molar-refractivity contribution in [1.82, 2.24) is 15.5 Å². The first-order valence-corrected chi connectivity index (χ1v) is 8.96. The highest BCUT2D eigenvalue weighted by molar-refractivity contribution is 6.34. The third kappa shape index (κ3) is 4.61. The Morgan fingerprint density at radius 3 is 2.80 bits per heavy atom. The van der Waals surface area contributed by atoms with Gasteiger partial charge in [-0.2, -0.15) is 4.98 Å². The highest BCUT2D eigenvalue weighted by atomic mass is 35.5. The molecule has 0 aliphatic heterocycles. The molecule has 0 spiro atoms. The Kier molecular flexibility index (Phi) is 5.45. The monoisotopic (exact) mass is 379 g/mol. The maximum atomic E-state index is 12.3. The molecular formula is C18H19Cl2N3O2. The van der Waals surface area contributed by atoms with Gasteiger partial charge in [0.1, 0.15) is 6.04 Å². The van der Waals surface area contributed by atoms with Crippen molar-refractivity contribution in [3.63, 3.8) is 0 Å². The molecule has 1 aromatic heterocycles. The fourth-order valence-corrected chi connectivity index (χ4v) is 2.76. The normalized spacial score (nSPS) is 15.7. The van der Waals surface area contributed by atoms with Gasteiger partial charge in [-0.15, -0.1) is 0 Å². The summed E-state index contributed by atoms with van der Waals surface area (Å²) in [5.41, 5.74) is 0.680. The molecule has 7 heteroatoms. The number of carbonyl (C=O) groups excluding carboxylic acids is 1. The number of amides is 1. The molecule has 1 unspecified atom stereocenters. The van der Waals surface area contributed by atoms with E-state index in [1.54, 1.807) is 24.3 Å². The maximum Gasteiger partial charge on any atom is 0.249 e. The van der Waals surface area contributed by atoms with Crippen molar-refractivity contribution in [1.29, 1.82) is 0 Å². The lowest BCUT2D eigenvalue weighted by molar-refractivity contribution is -0.117. The topological polar surface area (TPSA) is 68.0 Å². The lowest BCUT2D eigenvalue weighted by Crippen LogP contribution is -2.30. The van der Waals surface area contributed by atoms with E-state index in [1.165, 1.54) is 6.08 Å². The first kappa shape index (κ1) is 18.0. The van der Waals surface area contributed by atoms with Gasteiger partial charge in [0.05, 0.1) is 0 Å². The van der Waals surface area contributed by atoms with Crippen molar-refractivity contribution in [2.75, 3.05) is 0 Å². The van der Waals surface area contributed by atoms with Crippen LogP contribution in [0.15, 0.2) is 28.8 Å². The average molecular weight is 380 g/mol. The van der Waals surface area contributed by atoms with E-state index in [-0.39, 0.29) is 17.9 Å². The first-order valence-electron chi connectivity index (χ1n) is 8.21. The number of halogens is 2. The Hall–Kier alpha value is -1.85. The summed E-state index contributed by atoms with van der Waals surface area (Å²) < 4.78 is 5.35. The number of hydrogen-bond donors (Lipinski definition) is 1. The highest BCUT2D eigenvalue weighted by Gasteiger charge is 2.31. The molecule has 1 aliphatic rings. The Balaban J connectivity index is 1.69. The Bertz CT molecular complexity index is 797. The van der Waals surface area contributed by atoms with Crippen LogP contribution < -0.4 is 5.32 Å². The van der Waals surface area contributed by atoms with Crippen LogP contribution in [-0.2, 0) is 4.79 Å². The number of rotatable bonds is 6. The minimum atomic E-state index is -0.341. The van der Waals surface area contributed by atoms with E-state index < -0.39 is 0 Å². The Morgan fingerprint density at radius 2 is 2.12 bits per heavy atom. The summed E-state index contributed by atoms with van der Waals surface area (Å²) in [4.78, 5) is 16.7. The predicted molar refractivity (Wildman–Crippen MR) is 97.5 cm³/mol. The van der Waals surface area contributed by atoms with Crippen LogP contribution in [0.25, 0.3) is 6.08 Å². The number of carbonyl (C=O) groups is 1. The van der Waals surface area contributed by atoms with Gasteiger partial charge >= 0.3 is 0 Å². The average Bonchev–Trinajstić information content (AvgIpc) is 3.31. The number of hydrogen-bond acceptors (Lipinski definition) is 4. The minimum Gasteiger partial charge on any atom is -0.340 e. The van der Waals surface area contributed by atoms with E-state index in [4.69, 9.17) is 27.7 Å². The lowest BCUT2D eigenvalue weighted by atomic mass is 10.0. The van der Waals surface area contributed by atoms with Gasteiger partial charge in [-0.05, 0) is 48.6 Å². The summed E-state index contributed by atoms with van der Waals surface area (Å²) in [5, 5.41) is 8.01. The van der Waals surface area contributed by atoms with E-state index in [9.17, 15) is 4.79 Å². The van der Waals surface area contributed by atoms with E-state index in [2.05, 4.69) is 15.5 Å². The smallest absolute Gasteiger partial charge is 0.249 e. The SMILES string of the molecule is CC(C)C(NC(=O)/C=C/c1cc(Cl)ccc1Cl)c1nc(C2CC2)no1. The second kappa shape index (κ2) is 7.58. The van der Waals surface area contributed by atoms with Crippen molar-refractivity contribution in [2.24, 2.45) is 5.92 Å². The molecule has 25 heavy (non-hydrogen) atoms. The summed E-state index contributed by atoms with van der Waals surface area (Å²) in [6.45, 7) is 3.98. The number of nitrogens with zero attached hydrogens (tertiary/aromatic N) is 2. The van der Waals surface area contributed by atoms with Crippen LogP contribution in [0, 0.1) is 5.92 Å². The lowest BCUT2D eigenvalue weighted by Gasteiger charge is -2.17. The van der Waals surface area contributed by atoms with Gasteiger partial charge in [-0.1, -0.05) is 42.2 Å². The number of nitrogens with one attached hydrogen (secondary N) is 1. The van der Waals surface area contributed by atoms with Gasteiger partial charge in [0.15, 0.2) is 5.82 Å². The van der Waals surface area contributed by atoms with E-state index in [0.29, 0.717) is 27.4 Å². The summed E-state index contributed by atoms with van der Waals surface area (Å²) in [6.07, 6.45) is 5.25. The van der Waals surface area contributed by atoms with Crippen LogP contribution in [0.1, 0.15) is 55.9 Å². The largest absolute Gasteiger partial charge is 0.340 e. The van der Waals surface area contributed by atoms with Crippen molar-refractivity contribution < 1.29 is 9.32 Å². The summed E-state index contributed by atoms with van der Waals surface area (Å²) in [5.74, 6) is 1.43. The zero-order valence-electron chi connectivity index (χ0n) is 14.0. The standard InChI is InChI=1S/C18H19Cl2N3O2/c1-10(2)16(18-22-17(23-25-18)11-3-4-11)21-15(24)8-5-12-9-13(19)6-7-14(12)20/h5-11,16H,3-4H2,1-2H3,(H,21,24)/b8-5+. The van der Waals surface area contributed by atoms with Crippen molar-refractivity contribution in [3.05, 3.63) is 51.6 Å². The first-order chi connectivity index (χ1) is 11.9. The van der Waals surface area contributed by atoms with Crippen molar-refractivity contribution in [2.45, 2.75) is 38.6 Å². The molecular weight excluding hydrogens is 361 g/mol. The predicted octanol–water partition coefficient (Wildman–Crippen LogP) is 4.78. The summed E-state index contributed by atoms with van der Waals surface area (Å²) in [6, 6.07) is 4.75. The molecule has 1 fully saturated rings. The molecule has 1 N–H and O–H groups in total. The van der Waals surface area contributed by atoms with Gasteiger partial charge in [0.2, 0.25) is 11.8 Å². The van der Waals surface area contributed by atoms with Crippen molar-refractivity contribution in [3.8, 4) is 0 Å². The molecule has 0 radical (unpaired) electrons. The molecule has 1 amide bonds. The van der Waals surface area contributed by atoms with Crippen LogP contribution in [0.4, 0.5) is 0 Å². The maximum absolute atomic E-state index is 12.3. The highest BCUT2D eigenvalue weighted by Crippen LogP contribution is 2.38. The molecule has 2 aromatic rings. The molecule has 1 atom stereocenters. The van der Waals surface area contributed by atoms with E-state index in [0.717, 1.165) is 18.7 Å². The fraction of sp³-hybridized carbons (Fsp3) is 0.389. The van der Waals surface area contributed by atoms with Crippen molar-refractivity contribution >= 4 is 35.2 Å². The van der Waals surface area contributed by atoms with Gasteiger partial charge in [-0.25, -0.2) is 0 Å². The zero-order chi connectivity index (χ0) is 18.0. The summed E-state index contributed by atoms with van der Waals surface area (Å²) in [7, 11) is 0. The second-order valence-electron chi connectivity index (χ2n) is 6.49. The molecule has 5 nitrogen and oxygen atoms in total. The molecule has 0 bridgehead atoms. The number of aromatic nitrogens is 2. The van der Waals surface area contributed by atoms with Gasteiger partial charge < -0.3 is 9.84 Å². The zero-order valence-corrected chi connectivity index (χ0v) is 15.5. The van der Waals surface area contributed by atoms with Crippen LogP contribution in [0.2, 0.25) is 10.0 Å². The van der Waals surface area contributed by atoms with Crippen LogP contribution in [0.5, 0.6) is 0 Å². The van der Waals surface area contributed by atoms with Gasteiger partial charge in [0.25, 0.3) is 0 Å². The third-order valence-corrected chi connectivity index (χ3v) is 4.58. The van der Waals surface area contributed by atoms with Crippen LogP contribution >= 0.6 is 23.2 Å². The second-order valence-corrected chi connectivity index (χ2v) is 7.34. The summed E-state index contributed by atoms with van der Waals surface area (Å²) >= 11 is 12.0. The molecule has 3 rings (SSSR count). The Morgan fingerprint density at radius 1 is 1.36 bits per heavy atom. The molecule has 1 saturated carbocycles. The quantitative estimate of drug-likeness (QED) is 0.733. The molecule has 1 heterocycles. The minimum absolute atomic E-state index is 0.111. The van der Waals surface area contributed by atoms with E-state index in [1.807, 2.05) is 13.8 Å². The molecule has 1 aliphatic carbocycles. The van der Waals surface area contributed by atoms with E-state index >= 15 is 0 Å². The van der Waals surface area contributed by atoms with Crippen LogP contribution in [0.3, 0.4) is 0 Å². The van der Waals surface area contributed by atoms with Crippen LogP contribution in [-0.4, -0.2) is 16.0 Å². The Labute approximate surface area is 156 Å². The number of benzene rings is 1. The fourth-order valence-electron chi connectivity index (χ4n) is 2.40. The van der Waals surface area contributed by atoms with Gasteiger partial charge in [-0.3, -0.25) is 4.79 Å².